The second kappa shape index (κ2) is 6.40. The van der Waals surface area contributed by atoms with E-state index in [2.05, 4.69) is 15.9 Å². The number of benzene rings is 2. The van der Waals surface area contributed by atoms with Gasteiger partial charge in [-0.2, -0.15) is 5.26 Å². The summed E-state index contributed by atoms with van der Waals surface area (Å²) in [5.41, 5.74) is 0.741. The lowest BCUT2D eigenvalue weighted by Crippen LogP contribution is -2.00. The van der Waals surface area contributed by atoms with Crippen molar-refractivity contribution in [3.05, 3.63) is 57.8 Å². The van der Waals surface area contributed by atoms with Crippen LogP contribution in [-0.2, 0) is 6.61 Å². The number of rotatable bonds is 4. The highest BCUT2D eigenvalue weighted by atomic mass is 79.9. The van der Waals surface area contributed by atoms with Gasteiger partial charge in [0.15, 0.2) is 0 Å². The number of hydrogen-bond acceptors (Lipinski definition) is 3. The number of methoxy groups -OCH3 is 1. The maximum absolute atomic E-state index is 13.6. The van der Waals surface area contributed by atoms with Gasteiger partial charge in [0.1, 0.15) is 23.9 Å². The standard InChI is InChI=1S/C15H11BrFNO2/c1-19-12-3-5-15(13(16)7-12)20-9-11-6-10(8-18)2-4-14(11)17/h2-7H,9H2,1H3. The summed E-state index contributed by atoms with van der Waals surface area (Å²) in [6, 6.07) is 11.4. The zero-order valence-electron chi connectivity index (χ0n) is 10.7. The molecule has 0 fully saturated rings. The number of halogens is 2. The Morgan fingerprint density at radius 1 is 1.25 bits per heavy atom. The van der Waals surface area contributed by atoms with Crippen LogP contribution in [0.2, 0.25) is 0 Å². The van der Waals surface area contributed by atoms with Crippen LogP contribution >= 0.6 is 15.9 Å². The van der Waals surface area contributed by atoms with Gasteiger partial charge in [0.05, 0.1) is 23.2 Å². The van der Waals surface area contributed by atoms with Crippen LogP contribution in [-0.4, -0.2) is 7.11 Å². The van der Waals surface area contributed by atoms with Gasteiger partial charge in [-0.05, 0) is 52.3 Å². The normalized spacial score (nSPS) is 9.90. The van der Waals surface area contributed by atoms with E-state index in [0.717, 1.165) is 0 Å². The van der Waals surface area contributed by atoms with Gasteiger partial charge < -0.3 is 9.47 Å². The van der Waals surface area contributed by atoms with Crippen LogP contribution in [0.1, 0.15) is 11.1 Å². The molecule has 0 amide bonds. The molecule has 2 rings (SSSR count). The first-order valence-corrected chi connectivity index (χ1v) is 6.58. The summed E-state index contributed by atoms with van der Waals surface area (Å²) in [4.78, 5) is 0. The fraction of sp³-hybridized carbons (Fsp3) is 0.133. The van der Waals surface area contributed by atoms with Gasteiger partial charge in [-0.25, -0.2) is 4.39 Å². The molecule has 0 heterocycles. The Hall–Kier alpha value is -2.06. The van der Waals surface area contributed by atoms with E-state index < -0.39 is 5.82 Å². The summed E-state index contributed by atoms with van der Waals surface area (Å²) >= 11 is 3.36. The average molecular weight is 336 g/mol. The minimum atomic E-state index is -0.395. The smallest absolute Gasteiger partial charge is 0.134 e. The molecule has 0 aliphatic heterocycles. The van der Waals surface area contributed by atoms with E-state index in [9.17, 15) is 4.39 Å². The van der Waals surface area contributed by atoms with Crippen LogP contribution in [0.25, 0.3) is 0 Å². The number of ether oxygens (including phenoxy) is 2. The Morgan fingerprint density at radius 3 is 2.70 bits per heavy atom. The van der Waals surface area contributed by atoms with E-state index in [-0.39, 0.29) is 6.61 Å². The molecule has 3 nitrogen and oxygen atoms in total. The van der Waals surface area contributed by atoms with E-state index in [1.54, 1.807) is 25.3 Å². The molecule has 0 N–H and O–H groups in total. The van der Waals surface area contributed by atoms with E-state index >= 15 is 0 Å². The molecular formula is C15H11BrFNO2. The van der Waals surface area contributed by atoms with Crippen molar-refractivity contribution < 1.29 is 13.9 Å². The van der Waals surface area contributed by atoms with E-state index in [0.29, 0.717) is 27.1 Å². The second-order valence-corrected chi connectivity index (χ2v) is 4.86. The van der Waals surface area contributed by atoms with Gasteiger partial charge >= 0.3 is 0 Å². The molecule has 0 bridgehead atoms. The highest BCUT2D eigenvalue weighted by Gasteiger charge is 2.07. The summed E-state index contributed by atoms with van der Waals surface area (Å²) in [5, 5.41) is 8.81. The van der Waals surface area contributed by atoms with Crippen molar-refractivity contribution >= 4 is 15.9 Å². The zero-order chi connectivity index (χ0) is 14.5. The molecule has 0 aliphatic carbocycles. The molecule has 0 saturated carbocycles. The number of hydrogen-bond donors (Lipinski definition) is 0. The molecule has 0 unspecified atom stereocenters. The first-order valence-electron chi connectivity index (χ1n) is 5.79. The van der Waals surface area contributed by atoms with E-state index in [1.165, 1.54) is 18.2 Å². The van der Waals surface area contributed by atoms with Gasteiger partial charge in [0.2, 0.25) is 0 Å². The van der Waals surface area contributed by atoms with Gasteiger partial charge in [-0.1, -0.05) is 0 Å². The molecule has 0 radical (unpaired) electrons. The van der Waals surface area contributed by atoms with Crippen molar-refractivity contribution in [1.29, 1.82) is 5.26 Å². The fourth-order valence-corrected chi connectivity index (χ4v) is 2.11. The molecule has 0 aromatic heterocycles. The predicted molar refractivity (Wildman–Crippen MR) is 76.1 cm³/mol. The summed E-state index contributed by atoms with van der Waals surface area (Å²) in [6.07, 6.45) is 0. The van der Waals surface area contributed by atoms with Crippen molar-refractivity contribution in [2.24, 2.45) is 0 Å². The third kappa shape index (κ3) is 3.28. The summed E-state index contributed by atoms with van der Waals surface area (Å²) in [5.74, 6) is 0.878. The van der Waals surface area contributed by atoms with Crippen LogP contribution in [0.5, 0.6) is 11.5 Å². The van der Waals surface area contributed by atoms with Gasteiger partial charge in [-0.3, -0.25) is 0 Å². The SMILES string of the molecule is COc1ccc(OCc2cc(C#N)ccc2F)c(Br)c1. The zero-order valence-corrected chi connectivity index (χ0v) is 12.3. The van der Waals surface area contributed by atoms with Crippen LogP contribution < -0.4 is 9.47 Å². The summed E-state index contributed by atoms with van der Waals surface area (Å²) < 4.78 is 25.0. The van der Waals surface area contributed by atoms with E-state index in [4.69, 9.17) is 14.7 Å². The molecule has 2 aromatic rings. The molecule has 0 aliphatic rings. The van der Waals surface area contributed by atoms with Crippen molar-refractivity contribution in [3.8, 4) is 17.6 Å². The first-order chi connectivity index (χ1) is 9.63. The molecule has 102 valence electrons. The predicted octanol–water partition coefficient (Wildman–Crippen LogP) is 4.05. The van der Waals surface area contributed by atoms with Crippen LogP contribution in [0, 0.1) is 17.1 Å². The molecule has 20 heavy (non-hydrogen) atoms. The number of nitriles is 1. The Bertz CT molecular complexity index is 667. The third-order valence-corrected chi connectivity index (χ3v) is 3.32. The Balaban J connectivity index is 2.15. The Kier molecular flexibility index (Phi) is 4.59. The topological polar surface area (TPSA) is 42.2 Å². The van der Waals surface area contributed by atoms with Crippen molar-refractivity contribution in [1.82, 2.24) is 0 Å². The van der Waals surface area contributed by atoms with Crippen LogP contribution in [0.15, 0.2) is 40.9 Å². The van der Waals surface area contributed by atoms with Gasteiger partial charge in [0.25, 0.3) is 0 Å². The van der Waals surface area contributed by atoms with Crippen molar-refractivity contribution in [3.63, 3.8) is 0 Å². The van der Waals surface area contributed by atoms with Crippen LogP contribution in [0.4, 0.5) is 4.39 Å². The van der Waals surface area contributed by atoms with Gasteiger partial charge in [0, 0.05) is 5.56 Å². The number of nitrogens with zero attached hydrogens (tertiary/aromatic N) is 1. The fourth-order valence-electron chi connectivity index (χ4n) is 1.64. The lowest BCUT2D eigenvalue weighted by atomic mass is 10.1. The first kappa shape index (κ1) is 14.4. The van der Waals surface area contributed by atoms with Crippen LogP contribution in [0.3, 0.4) is 0 Å². The molecular weight excluding hydrogens is 325 g/mol. The molecule has 2 aromatic carbocycles. The average Bonchev–Trinajstić information content (AvgIpc) is 2.47. The quantitative estimate of drug-likeness (QED) is 0.846. The Labute approximate surface area is 124 Å². The lowest BCUT2D eigenvalue weighted by Gasteiger charge is -2.10. The highest BCUT2D eigenvalue weighted by molar-refractivity contribution is 9.10. The van der Waals surface area contributed by atoms with Gasteiger partial charge in [-0.15, -0.1) is 0 Å². The highest BCUT2D eigenvalue weighted by Crippen LogP contribution is 2.29. The Morgan fingerprint density at radius 2 is 2.05 bits per heavy atom. The summed E-state index contributed by atoms with van der Waals surface area (Å²) in [6.45, 7) is 0.0479. The molecule has 0 atom stereocenters. The minimum Gasteiger partial charge on any atom is -0.497 e. The molecule has 5 heteroatoms. The van der Waals surface area contributed by atoms with Crippen molar-refractivity contribution in [2.75, 3.05) is 7.11 Å². The molecule has 0 saturated heterocycles. The van der Waals surface area contributed by atoms with E-state index in [1.807, 2.05) is 6.07 Å². The third-order valence-electron chi connectivity index (χ3n) is 2.70. The van der Waals surface area contributed by atoms with Crippen molar-refractivity contribution in [2.45, 2.75) is 6.61 Å². The maximum atomic E-state index is 13.6. The monoisotopic (exact) mass is 335 g/mol. The lowest BCUT2D eigenvalue weighted by molar-refractivity contribution is 0.297. The maximum Gasteiger partial charge on any atom is 0.134 e. The second-order valence-electron chi connectivity index (χ2n) is 4.00. The summed E-state index contributed by atoms with van der Waals surface area (Å²) in [7, 11) is 1.57. The minimum absolute atomic E-state index is 0.0479. The molecule has 0 spiro atoms. The largest absolute Gasteiger partial charge is 0.497 e.